The molecule has 0 saturated heterocycles. The highest BCUT2D eigenvalue weighted by Gasteiger charge is 2.11. The van der Waals surface area contributed by atoms with E-state index >= 15 is 0 Å². The van der Waals surface area contributed by atoms with Gasteiger partial charge >= 0.3 is 0 Å². The second kappa shape index (κ2) is 8.74. The molecule has 0 atom stereocenters. The molecule has 0 aliphatic carbocycles. The van der Waals surface area contributed by atoms with Crippen molar-refractivity contribution in [2.45, 2.75) is 10.8 Å². The van der Waals surface area contributed by atoms with Crippen molar-refractivity contribution in [3.8, 4) is 34.1 Å². The van der Waals surface area contributed by atoms with Crippen LogP contribution in [0, 0.1) is 0 Å². The molecule has 0 amide bonds. The van der Waals surface area contributed by atoms with Crippen LogP contribution < -0.4 is 9.47 Å². The van der Waals surface area contributed by atoms with Gasteiger partial charge in [0.2, 0.25) is 11.7 Å². The van der Waals surface area contributed by atoms with Gasteiger partial charge in [-0.25, -0.2) is 0 Å². The van der Waals surface area contributed by atoms with Gasteiger partial charge in [-0.05, 0) is 30.3 Å². The number of rotatable bonds is 7. The van der Waals surface area contributed by atoms with E-state index in [1.807, 2.05) is 60.7 Å². The molecule has 2 heterocycles. The molecule has 0 fully saturated rings. The molecule has 146 valence electrons. The molecule has 4 rings (SSSR count). The Hall–Kier alpha value is -3.39. The Morgan fingerprint density at radius 3 is 2.41 bits per heavy atom. The summed E-state index contributed by atoms with van der Waals surface area (Å²) in [5, 5.41) is 13.4. The Morgan fingerprint density at radius 2 is 1.69 bits per heavy atom. The number of hydrogen-bond donors (Lipinski definition) is 0. The number of methoxy groups -OCH3 is 2. The zero-order valence-electron chi connectivity index (χ0n) is 15.9. The second-order valence-corrected chi connectivity index (χ2v) is 6.99. The van der Waals surface area contributed by atoms with Crippen LogP contribution in [0.25, 0.3) is 22.6 Å². The number of benzene rings is 2. The molecule has 0 N–H and O–H groups in total. The predicted octanol–water partition coefficient (Wildman–Crippen LogP) is 4.50. The highest BCUT2D eigenvalue weighted by atomic mass is 32.2. The minimum Gasteiger partial charge on any atom is -0.493 e. The maximum atomic E-state index is 5.34. The second-order valence-electron chi connectivity index (χ2n) is 5.99. The molecule has 4 aromatic rings. The summed E-state index contributed by atoms with van der Waals surface area (Å²) >= 11 is 1.49. The van der Waals surface area contributed by atoms with Crippen molar-refractivity contribution in [3.63, 3.8) is 0 Å². The van der Waals surface area contributed by atoms with Crippen molar-refractivity contribution in [2.24, 2.45) is 0 Å². The van der Waals surface area contributed by atoms with E-state index in [0.29, 0.717) is 29.0 Å². The molecule has 0 saturated carbocycles. The summed E-state index contributed by atoms with van der Waals surface area (Å²) in [6, 6.07) is 19.2. The van der Waals surface area contributed by atoms with Crippen molar-refractivity contribution in [1.82, 2.24) is 20.3 Å². The van der Waals surface area contributed by atoms with Crippen molar-refractivity contribution < 1.29 is 14.0 Å². The third-order valence-electron chi connectivity index (χ3n) is 4.16. The molecule has 2 aromatic carbocycles. The molecule has 2 aromatic heterocycles. The average molecular weight is 406 g/mol. The van der Waals surface area contributed by atoms with Crippen LogP contribution in [0.5, 0.6) is 11.5 Å². The Morgan fingerprint density at radius 1 is 0.862 bits per heavy atom. The molecule has 0 aliphatic heterocycles. The van der Waals surface area contributed by atoms with Crippen LogP contribution in [0.2, 0.25) is 0 Å². The topological polar surface area (TPSA) is 83.2 Å². The third kappa shape index (κ3) is 4.38. The van der Waals surface area contributed by atoms with Gasteiger partial charge in [0.05, 0.1) is 25.7 Å². The molecule has 29 heavy (non-hydrogen) atoms. The first-order valence-corrected chi connectivity index (χ1v) is 9.82. The molecular formula is C21H18N4O3S. The van der Waals surface area contributed by atoms with Gasteiger partial charge in [0.25, 0.3) is 0 Å². The van der Waals surface area contributed by atoms with E-state index in [1.54, 1.807) is 14.2 Å². The fourth-order valence-corrected chi connectivity index (χ4v) is 3.35. The lowest BCUT2D eigenvalue weighted by molar-refractivity contribution is 0.355. The van der Waals surface area contributed by atoms with Gasteiger partial charge in [-0.2, -0.15) is 4.98 Å². The molecule has 0 unspecified atom stereocenters. The lowest BCUT2D eigenvalue weighted by Gasteiger charge is -2.09. The van der Waals surface area contributed by atoms with Gasteiger partial charge in [0, 0.05) is 11.1 Å². The molecule has 0 radical (unpaired) electrons. The fourth-order valence-electron chi connectivity index (χ4n) is 2.70. The number of hydrogen-bond acceptors (Lipinski definition) is 8. The Balaban J connectivity index is 1.42. The maximum absolute atomic E-state index is 5.34. The van der Waals surface area contributed by atoms with Crippen LogP contribution in [0.1, 0.15) is 5.89 Å². The van der Waals surface area contributed by atoms with Crippen LogP contribution in [-0.4, -0.2) is 34.6 Å². The van der Waals surface area contributed by atoms with Gasteiger partial charge in [-0.15, -0.1) is 10.2 Å². The minimum absolute atomic E-state index is 0.518. The van der Waals surface area contributed by atoms with E-state index in [9.17, 15) is 0 Å². The third-order valence-corrected chi connectivity index (χ3v) is 5.07. The van der Waals surface area contributed by atoms with Crippen molar-refractivity contribution in [1.29, 1.82) is 0 Å². The molecule has 0 aliphatic rings. The van der Waals surface area contributed by atoms with E-state index in [2.05, 4.69) is 20.3 Å². The van der Waals surface area contributed by atoms with Crippen LogP contribution in [-0.2, 0) is 5.75 Å². The van der Waals surface area contributed by atoms with Gasteiger partial charge in [0.1, 0.15) is 5.03 Å². The lowest BCUT2D eigenvalue weighted by atomic mass is 10.1. The Labute approximate surface area is 172 Å². The van der Waals surface area contributed by atoms with E-state index in [1.165, 1.54) is 11.8 Å². The van der Waals surface area contributed by atoms with E-state index < -0.39 is 0 Å². The summed E-state index contributed by atoms with van der Waals surface area (Å²) in [7, 11) is 3.21. The fraction of sp³-hybridized carbons (Fsp3) is 0.143. The van der Waals surface area contributed by atoms with E-state index in [0.717, 1.165) is 21.8 Å². The van der Waals surface area contributed by atoms with Crippen LogP contribution in [0.3, 0.4) is 0 Å². The SMILES string of the molecule is COc1ccc(-c2ccc(SCc3nc(-c4ccccc4)no3)nn2)cc1OC. The number of ether oxygens (including phenoxy) is 2. The first kappa shape index (κ1) is 18.9. The van der Waals surface area contributed by atoms with Crippen molar-refractivity contribution >= 4 is 11.8 Å². The largest absolute Gasteiger partial charge is 0.493 e. The highest BCUT2D eigenvalue weighted by molar-refractivity contribution is 7.98. The minimum atomic E-state index is 0.518. The Kier molecular flexibility index (Phi) is 5.71. The first-order chi connectivity index (χ1) is 14.3. The standard InChI is InChI=1S/C21H18N4O3S/c1-26-17-10-8-15(12-18(17)27-2)16-9-11-20(24-23-16)29-13-19-22-21(25-28-19)14-6-4-3-5-7-14/h3-12H,13H2,1-2H3. The van der Waals surface area contributed by atoms with Gasteiger partial charge in [-0.3, -0.25) is 0 Å². The van der Waals surface area contributed by atoms with E-state index in [4.69, 9.17) is 14.0 Å². The van der Waals surface area contributed by atoms with Gasteiger partial charge in [-0.1, -0.05) is 47.3 Å². The average Bonchev–Trinajstić information content (AvgIpc) is 3.27. The zero-order chi connectivity index (χ0) is 20.1. The van der Waals surface area contributed by atoms with Crippen LogP contribution >= 0.6 is 11.8 Å². The van der Waals surface area contributed by atoms with Crippen molar-refractivity contribution in [3.05, 3.63) is 66.6 Å². The molecule has 8 heteroatoms. The number of thioether (sulfide) groups is 1. The highest BCUT2D eigenvalue weighted by Crippen LogP contribution is 2.32. The Bertz CT molecular complexity index is 1080. The van der Waals surface area contributed by atoms with Crippen LogP contribution in [0.15, 0.2) is 70.2 Å². The lowest BCUT2D eigenvalue weighted by Crippen LogP contribution is -1.93. The quantitative estimate of drug-likeness (QED) is 0.415. The predicted molar refractivity (Wildman–Crippen MR) is 110 cm³/mol. The summed E-state index contributed by atoms with van der Waals surface area (Å²) in [6.07, 6.45) is 0. The molecule has 0 spiro atoms. The monoisotopic (exact) mass is 406 g/mol. The van der Waals surface area contributed by atoms with Crippen LogP contribution in [0.4, 0.5) is 0 Å². The summed E-state index contributed by atoms with van der Waals surface area (Å²) in [6.45, 7) is 0. The molecule has 7 nitrogen and oxygen atoms in total. The van der Waals surface area contributed by atoms with E-state index in [-0.39, 0.29) is 0 Å². The van der Waals surface area contributed by atoms with Crippen molar-refractivity contribution in [2.75, 3.05) is 14.2 Å². The zero-order valence-corrected chi connectivity index (χ0v) is 16.7. The summed E-state index contributed by atoms with van der Waals surface area (Å²) < 4.78 is 15.9. The smallest absolute Gasteiger partial charge is 0.237 e. The van der Waals surface area contributed by atoms with Gasteiger partial charge in [0.15, 0.2) is 11.5 Å². The number of nitrogens with zero attached hydrogens (tertiary/aromatic N) is 4. The molecule has 0 bridgehead atoms. The van der Waals surface area contributed by atoms with Gasteiger partial charge < -0.3 is 14.0 Å². The normalized spacial score (nSPS) is 10.7. The number of aromatic nitrogens is 4. The molecular weight excluding hydrogens is 388 g/mol. The summed E-state index contributed by atoms with van der Waals surface area (Å²) in [5.74, 6) is 2.96. The summed E-state index contributed by atoms with van der Waals surface area (Å²) in [4.78, 5) is 4.42. The summed E-state index contributed by atoms with van der Waals surface area (Å²) in [5.41, 5.74) is 2.57. The maximum Gasteiger partial charge on any atom is 0.237 e. The first-order valence-electron chi connectivity index (χ1n) is 8.84.